The van der Waals surface area contributed by atoms with Crippen molar-refractivity contribution in [1.29, 1.82) is 0 Å². The third kappa shape index (κ3) is 9.44. The molecule has 0 aromatic carbocycles. The first-order valence-electron chi connectivity index (χ1n) is 11.9. The topological polar surface area (TPSA) is 78.9 Å². The number of ether oxygens (including phenoxy) is 3. The average Bonchev–Trinajstić information content (AvgIpc) is 2.79. The number of rotatable bonds is 15. The third-order valence-electron chi connectivity index (χ3n) is 6.40. The van der Waals surface area contributed by atoms with E-state index < -0.39 is 11.8 Å². The van der Waals surface area contributed by atoms with Crippen LogP contribution in [0.2, 0.25) is 0 Å². The predicted octanol–water partition coefficient (Wildman–Crippen LogP) is 5.24. The Morgan fingerprint density at radius 1 is 0.645 bits per heavy atom. The van der Waals surface area contributed by atoms with Gasteiger partial charge in [-0.25, -0.2) is 0 Å². The fraction of sp³-hybridized carbons (Fsp3) is 0.800. The first-order chi connectivity index (χ1) is 15.0. The number of methoxy groups -OCH3 is 3. The number of allylic oxidation sites excluding steroid dienone is 2. The van der Waals surface area contributed by atoms with Gasteiger partial charge in [0.15, 0.2) is 0 Å². The van der Waals surface area contributed by atoms with Crippen molar-refractivity contribution in [3.8, 4) is 0 Å². The Balaban J connectivity index is 2.74. The Kier molecular flexibility index (Phi) is 13.9. The fourth-order valence-corrected chi connectivity index (χ4v) is 4.61. The summed E-state index contributed by atoms with van der Waals surface area (Å²) in [6.07, 6.45) is 15.8. The van der Waals surface area contributed by atoms with Crippen LogP contribution < -0.4 is 0 Å². The molecule has 0 aliphatic heterocycles. The molecule has 1 aliphatic rings. The molecule has 0 amide bonds. The van der Waals surface area contributed by atoms with Crippen molar-refractivity contribution >= 4 is 17.9 Å². The van der Waals surface area contributed by atoms with Gasteiger partial charge >= 0.3 is 17.9 Å². The Hall–Kier alpha value is -1.85. The standard InChI is InChI=1S/C25H42O6/c1-5-6-7-8-11-14-19-17-18-20(15-12-9-10-13-16-21(26)29-2)23(25(28)31-4)22(19)24(27)30-3/h17-20,22-23H,5-16H2,1-4H3/t19-,20+,22-,23-/m0/s1. The molecule has 0 radical (unpaired) electrons. The molecular weight excluding hydrogens is 396 g/mol. The van der Waals surface area contributed by atoms with Crippen LogP contribution in [0.15, 0.2) is 12.2 Å². The molecular formula is C25H42O6. The first-order valence-corrected chi connectivity index (χ1v) is 11.9. The van der Waals surface area contributed by atoms with Crippen LogP contribution in [0.4, 0.5) is 0 Å². The number of unbranched alkanes of at least 4 members (excludes halogenated alkanes) is 7. The lowest BCUT2D eigenvalue weighted by molar-refractivity contribution is -0.162. The SMILES string of the molecule is CCCCCCC[C@H]1C=C[C@@H](CCCCCCC(=O)OC)[C@H](C(=O)OC)[C@H]1C(=O)OC. The molecule has 31 heavy (non-hydrogen) atoms. The number of carbonyl (C=O) groups excluding carboxylic acids is 3. The molecule has 6 heteroatoms. The summed E-state index contributed by atoms with van der Waals surface area (Å²) in [7, 11) is 4.18. The highest BCUT2D eigenvalue weighted by atomic mass is 16.5. The first kappa shape index (κ1) is 27.2. The molecule has 0 saturated carbocycles. The summed E-state index contributed by atoms with van der Waals surface area (Å²) in [6, 6.07) is 0. The molecule has 0 aromatic heterocycles. The summed E-state index contributed by atoms with van der Waals surface area (Å²) in [6.45, 7) is 2.19. The van der Waals surface area contributed by atoms with Gasteiger partial charge in [0.1, 0.15) is 0 Å². The molecule has 6 nitrogen and oxygen atoms in total. The second-order valence-electron chi connectivity index (χ2n) is 8.54. The van der Waals surface area contributed by atoms with E-state index in [-0.39, 0.29) is 29.7 Å². The Morgan fingerprint density at radius 2 is 1.10 bits per heavy atom. The van der Waals surface area contributed by atoms with Crippen molar-refractivity contribution in [3.63, 3.8) is 0 Å². The second-order valence-corrected chi connectivity index (χ2v) is 8.54. The Morgan fingerprint density at radius 3 is 1.52 bits per heavy atom. The molecule has 0 spiro atoms. The van der Waals surface area contributed by atoms with E-state index in [0.717, 1.165) is 51.4 Å². The maximum atomic E-state index is 12.7. The monoisotopic (exact) mass is 438 g/mol. The third-order valence-corrected chi connectivity index (χ3v) is 6.40. The molecule has 0 N–H and O–H groups in total. The van der Waals surface area contributed by atoms with Gasteiger partial charge in [0.05, 0.1) is 33.2 Å². The Bertz CT molecular complexity index is 570. The molecule has 0 aromatic rings. The van der Waals surface area contributed by atoms with Crippen LogP contribution in [0.5, 0.6) is 0 Å². The van der Waals surface area contributed by atoms with E-state index in [1.165, 1.54) is 40.6 Å². The molecule has 178 valence electrons. The van der Waals surface area contributed by atoms with Crippen LogP contribution in [-0.2, 0) is 28.6 Å². The van der Waals surface area contributed by atoms with Gasteiger partial charge in [0.25, 0.3) is 0 Å². The van der Waals surface area contributed by atoms with Crippen molar-refractivity contribution in [2.24, 2.45) is 23.7 Å². The quantitative estimate of drug-likeness (QED) is 0.151. The van der Waals surface area contributed by atoms with E-state index in [0.29, 0.717) is 6.42 Å². The zero-order valence-corrected chi connectivity index (χ0v) is 19.9. The van der Waals surface area contributed by atoms with Crippen LogP contribution in [0.3, 0.4) is 0 Å². The van der Waals surface area contributed by atoms with Crippen molar-refractivity contribution < 1.29 is 28.6 Å². The highest BCUT2D eigenvalue weighted by Gasteiger charge is 2.45. The zero-order valence-electron chi connectivity index (χ0n) is 19.9. The summed E-state index contributed by atoms with van der Waals surface area (Å²) in [4.78, 5) is 36.6. The lowest BCUT2D eigenvalue weighted by atomic mass is 9.67. The number of hydrogen-bond donors (Lipinski definition) is 0. The molecule has 0 bridgehead atoms. The molecule has 1 aliphatic carbocycles. The van der Waals surface area contributed by atoms with Crippen molar-refractivity contribution in [1.82, 2.24) is 0 Å². The van der Waals surface area contributed by atoms with E-state index in [2.05, 4.69) is 23.8 Å². The summed E-state index contributed by atoms with van der Waals surface area (Å²) < 4.78 is 14.9. The van der Waals surface area contributed by atoms with Crippen LogP contribution in [0.1, 0.15) is 84.0 Å². The minimum Gasteiger partial charge on any atom is -0.469 e. The number of carbonyl (C=O) groups is 3. The van der Waals surface area contributed by atoms with Crippen LogP contribution in [0.25, 0.3) is 0 Å². The van der Waals surface area contributed by atoms with Gasteiger partial charge < -0.3 is 14.2 Å². The highest BCUT2D eigenvalue weighted by molar-refractivity contribution is 5.83. The van der Waals surface area contributed by atoms with E-state index in [4.69, 9.17) is 9.47 Å². The molecule has 0 saturated heterocycles. The number of hydrogen-bond acceptors (Lipinski definition) is 6. The molecule has 1 rings (SSSR count). The smallest absolute Gasteiger partial charge is 0.310 e. The minimum absolute atomic E-state index is 0.00878. The van der Waals surface area contributed by atoms with E-state index >= 15 is 0 Å². The normalized spacial score (nSPS) is 22.7. The van der Waals surface area contributed by atoms with Crippen molar-refractivity contribution in [2.75, 3.05) is 21.3 Å². The minimum atomic E-state index is -0.502. The molecule has 0 fully saturated rings. The molecule has 4 atom stereocenters. The van der Waals surface area contributed by atoms with Crippen LogP contribution in [-0.4, -0.2) is 39.2 Å². The highest BCUT2D eigenvalue weighted by Crippen LogP contribution is 2.40. The lowest BCUT2D eigenvalue weighted by Crippen LogP contribution is -2.42. The molecule has 0 unspecified atom stereocenters. The van der Waals surface area contributed by atoms with E-state index in [9.17, 15) is 14.4 Å². The van der Waals surface area contributed by atoms with Gasteiger partial charge in [0.2, 0.25) is 0 Å². The van der Waals surface area contributed by atoms with Gasteiger partial charge in [-0.3, -0.25) is 14.4 Å². The van der Waals surface area contributed by atoms with Gasteiger partial charge in [-0.05, 0) is 31.1 Å². The summed E-state index contributed by atoms with van der Waals surface area (Å²) in [5.41, 5.74) is 0. The van der Waals surface area contributed by atoms with Crippen LogP contribution in [0, 0.1) is 23.7 Å². The maximum Gasteiger partial charge on any atom is 0.310 e. The maximum absolute atomic E-state index is 12.7. The Labute approximate surface area is 188 Å². The summed E-state index contributed by atoms with van der Waals surface area (Å²) in [5, 5.41) is 0. The van der Waals surface area contributed by atoms with Crippen molar-refractivity contribution in [2.45, 2.75) is 84.0 Å². The van der Waals surface area contributed by atoms with E-state index in [1.54, 1.807) is 0 Å². The van der Waals surface area contributed by atoms with Gasteiger partial charge in [0, 0.05) is 6.42 Å². The van der Waals surface area contributed by atoms with Crippen molar-refractivity contribution in [3.05, 3.63) is 12.2 Å². The fourth-order valence-electron chi connectivity index (χ4n) is 4.61. The largest absolute Gasteiger partial charge is 0.469 e. The van der Waals surface area contributed by atoms with E-state index in [1.807, 2.05) is 0 Å². The zero-order chi connectivity index (χ0) is 23.1. The summed E-state index contributed by atoms with van der Waals surface area (Å²) >= 11 is 0. The summed E-state index contributed by atoms with van der Waals surface area (Å²) in [5.74, 6) is -1.84. The predicted molar refractivity (Wildman–Crippen MR) is 120 cm³/mol. The van der Waals surface area contributed by atoms with Crippen LogP contribution >= 0.6 is 0 Å². The average molecular weight is 439 g/mol. The molecule has 0 heterocycles. The van der Waals surface area contributed by atoms with Gasteiger partial charge in [-0.15, -0.1) is 0 Å². The number of esters is 3. The lowest BCUT2D eigenvalue weighted by Gasteiger charge is -2.36. The second kappa shape index (κ2) is 15.9. The van der Waals surface area contributed by atoms with Gasteiger partial charge in [-0.2, -0.15) is 0 Å². The van der Waals surface area contributed by atoms with Gasteiger partial charge in [-0.1, -0.05) is 70.4 Å².